The number of carboxylic acids is 1. The van der Waals surface area contributed by atoms with E-state index in [0.29, 0.717) is 4.47 Å². The maximum Gasteiger partial charge on any atom is 0.309 e. The molecule has 0 unspecified atom stereocenters. The van der Waals surface area contributed by atoms with Crippen molar-refractivity contribution in [1.82, 2.24) is 10.3 Å². The summed E-state index contributed by atoms with van der Waals surface area (Å²) in [6.45, 7) is 3.32. The molecule has 0 spiro atoms. The molecule has 0 atom stereocenters. The molecular weight excluding hydrogens is 383 g/mol. The number of amides is 1. The van der Waals surface area contributed by atoms with Crippen LogP contribution in [0, 0.1) is 11.2 Å². The minimum Gasteiger partial charge on any atom is -0.481 e. The van der Waals surface area contributed by atoms with Crippen LogP contribution in [0.25, 0.3) is 11.5 Å². The van der Waals surface area contributed by atoms with Gasteiger partial charge in [-0.2, -0.15) is 0 Å². The van der Waals surface area contributed by atoms with Crippen molar-refractivity contribution in [2.75, 3.05) is 6.54 Å². The highest BCUT2D eigenvalue weighted by atomic mass is 79.9. The smallest absolute Gasteiger partial charge is 0.309 e. The zero-order valence-electron chi connectivity index (χ0n) is 13.1. The van der Waals surface area contributed by atoms with Gasteiger partial charge in [-0.15, -0.1) is 0 Å². The van der Waals surface area contributed by atoms with Crippen molar-refractivity contribution in [2.45, 2.75) is 20.3 Å². The normalized spacial score (nSPS) is 11.3. The number of rotatable bonds is 6. The number of nitrogens with one attached hydrogen (secondary N) is 1. The van der Waals surface area contributed by atoms with Crippen molar-refractivity contribution in [2.24, 2.45) is 5.41 Å². The van der Waals surface area contributed by atoms with Crippen LogP contribution in [-0.2, 0) is 4.79 Å². The number of hydrogen-bond acceptors (Lipinski definition) is 4. The molecule has 128 valence electrons. The molecule has 0 radical (unpaired) electrons. The van der Waals surface area contributed by atoms with E-state index in [1.807, 2.05) is 0 Å². The third-order valence-corrected chi connectivity index (χ3v) is 4.01. The summed E-state index contributed by atoms with van der Waals surface area (Å²) in [6, 6.07) is 4.39. The maximum atomic E-state index is 13.9. The molecule has 0 saturated heterocycles. The van der Waals surface area contributed by atoms with Crippen molar-refractivity contribution < 1.29 is 23.5 Å². The van der Waals surface area contributed by atoms with Gasteiger partial charge < -0.3 is 14.8 Å². The highest BCUT2D eigenvalue weighted by Gasteiger charge is 2.27. The van der Waals surface area contributed by atoms with Gasteiger partial charge in [0.2, 0.25) is 5.89 Å². The molecule has 0 saturated carbocycles. The second kappa shape index (κ2) is 7.12. The number of carbonyl (C=O) groups excluding carboxylic acids is 1. The lowest BCUT2D eigenvalue weighted by Crippen LogP contribution is -2.32. The summed E-state index contributed by atoms with van der Waals surface area (Å²) in [6.07, 6.45) is 1.40. The molecule has 6 nitrogen and oxygen atoms in total. The molecule has 0 aliphatic carbocycles. The minimum absolute atomic E-state index is 0.000417. The predicted molar refractivity (Wildman–Crippen MR) is 88.0 cm³/mol. The van der Waals surface area contributed by atoms with E-state index in [1.165, 1.54) is 12.1 Å². The molecule has 1 aromatic carbocycles. The summed E-state index contributed by atoms with van der Waals surface area (Å²) in [5.41, 5.74) is -0.798. The fourth-order valence-corrected chi connectivity index (χ4v) is 2.18. The highest BCUT2D eigenvalue weighted by molar-refractivity contribution is 9.10. The van der Waals surface area contributed by atoms with Gasteiger partial charge in [0.15, 0.2) is 5.69 Å². The molecule has 0 aliphatic rings. The molecule has 1 heterocycles. The molecule has 2 rings (SSSR count). The van der Waals surface area contributed by atoms with E-state index in [9.17, 15) is 14.0 Å². The average molecular weight is 399 g/mol. The largest absolute Gasteiger partial charge is 0.481 e. The summed E-state index contributed by atoms with van der Waals surface area (Å²) < 4.78 is 19.6. The van der Waals surface area contributed by atoms with Gasteiger partial charge in [-0.3, -0.25) is 9.59 Å². The van der Waals surface area contributed by atoms with Gasteiger partial charge in [0.05, 0.1) is 11.0 Å². The van der Waals surface area contributed by atoms with E-state index in [4.69, 9.17) is 9.52 Å². The Balaban J connectivity index is 2.02. The van der Waals surface area contributed by atoms with E-state index < -0.39 is 23.1 Å². The van der Waals surface area contributed by atoms with Gasteiger partial charge in [0.1, 0.15) is 12.1 Å². The van der Waals surface area contributed by atoms with Crippen LogP contribution < -0.4 is 5.32 Å². The van der Waals surface area contributed by atoms with Crippen molar-refractivity contribution in [3.05, 3.63) is 40.4 Å². The van der Waals surface area contributed by atoms with Gasteiger partial charge in [-0.05, 0) is 38.5 Å². The summed E-state index contributed by atoms with van der Waals surface area (Å²) >= 11 is 3.15. The monoisotopic (exact) mass is 398 g/mol. The van der Waals surface area contributed by atoms with E-state index in [2.05, 4.69) is 26.2 Å². The van der Waals surface area contributed by atoms with Crippen molar-refractivity contribution in [1.29, 1.82) is 0 Å². The first kappa shape index (κ1) is 18.1. The van der Waals surface area contributed by atoms with Crippen LogP contribution in [-0.4, -0.2) is 28.5 Å². The zero-order chi connectivity index (χ0) is 17.9. The fourth-order valence-electron chi connectivity index (χ4n) is 1.85. The summed E-state index contributed by atoms with van der Waals surface area (Å²) in [4.78, 5) is 27.0. The second-order valence-electron chi connectivity index (χ2n) is 5.86. The summed E-state index contributed by atoms with van der Waals surface area (Å²) in [5, 5.41) is 11.6. The first-order chi connectivity index (χ1) is 11.2. The summed E-state index contributed by atoms with van der Waals surface area (Å²) in [7, 11) is 0. The van der Waals surface area contributed by atoms with Crippen molar-refractivity contribution in [3.8, 4) is 11.5 Å². The number of benzene rings is 1. The van der Waals surface area contributed by atoms with Crippen LogP contribution >= 0.6 is 15.9 Å². The Labute approximate surface area is 146 Å². The van der Waals surface area contributed by atoms with Crippen molar-refractivity contribution in [3.63, 3.8) is 0 Å². The van der Waals surface area contributed by atoms with Gasteiger partial charge in [-0.25, -0.2) is 9.37 Å². The number of oxazole rings is 1. The van der Waals surface area contributed by atoms with Gasteiger partial charge >= 0.3 is 5.97 Å². The third-order valence-electron chi connectivity index (χ3n) is 3.51. The Morgan fingerprint density at radius 2 is 2.12 bits per heavy atom. The number of halogens is 2. The number of carboxylic acid groups (broad SMARTS) is 1. The van der Waals surface area contributed by atoms with Crippen LogP contribution in [0.5, 0.6) is 0 Å². The lowest BCUT2D eigenvalue weighted by Gasteiger charge is -2.18. The van der Waals surface area contributed by atoms with Crippen LogP contribution in [0.4, 0.5) is 4.39 Å². The quantitative estimate of drug-likeness (QED) is 0.776. The number of carbonyl (C=O) groups is 2. The van der Waals surface area contributed by atoms with Crippen LogP contribution in [0.15, 0.2) is 33.4 Å². The molecular formula is C16H16BrFN2O4. The van der Waals surface area contributed by atoms with E-state index >= 15 is 0 Å². The van der Waals surface area contributed by atoms with E-state index in [0.717, 1.165) is 6.26 Å². The number of aromatic nitrogens is 1. The topological polar surface area (TPSA) is 92.4 Å². The Morgan fingerprint density at radius 1 is 1.42 bits per heavy atom. The molecule has 0 bridgehead atoms. The molecule has 1 amide bonds. The van der Waals surface area contributed by atoms with Gasteiger partial charge in [0.25, 0.3) is 5.91 Å². The van der Waals surface area contributed by atoms with Crippen LogP contribution in [0.3, 0.4) is 0 Å². The second-order valence-corrected chi connectivity index (χ2v) is 6.77. The highest BCUT2D eigenvalue weighted by Crippen LogP contribution is 2.25. The summed E-state index contributed by atoms with van der Waals surface area (Å²) in [5.74, 6) is -1.98. The molecule has 2 N–H and O–H groups in total. The van der Waals surface area contributed by atoms with E-state index in [1.54, 1.807) is 19.9 Å². The van der Waals surface area contributed by atoms with Crippen LogP contribution in [0.1, 0.15) is 30.8 Å². The Bertz CT molecular complexity index is 773. The van der Waals surface area contributed by atoms with Crippen molar-refractivity contribution >= 4 is 27.8 Å². The molecule has 24 heavy (non-hydrogen) atoms. The SMILES string of the molecule is CC(C)(CCNC(=O)c1coc(-c2ccc(Br)cc2F)n1)C(=O)O. The van der Waals surface area contributed by atoms with Gasteiger partial charge in [-0.1, -0.05) is 15.9 Å². The Kier molecular flexibility index (Phi) is 5.38. The first-order valence-corrected chi connectivity index (χ1v) is 7.92. The first-order valence-electron chi connectivity index (χ1n) is 7.13. The Morgan fingerprint density at radius 3 is 2.75 bits per heavy atom. The lowest BCUT2D eigenvalue weighted by atomic mass is 9.90. The van der Waals surface area contributed by atoms with Crippen LogP contribution in [0.2, 0.25) is 0 Å². The molecule has 0 aliphatic heterocycles. The lowest BCUT2D eigenvalue weighted by molar-refractivity contribution is -0.147. The zero-order valence-corrected chi connectivity index (χ0v) is 14.7. The average Bonchev–Trinajstić information content (AvgIpc) is 2.96. The molecule has 2 aromatic rings. The van der Waals surface area contributed by atoms with E-state index in [-0.39, 0.29) is 30.1 Å². The number of hydrogen-bond donors (Lipinski definition) is 2. The molecule has 1 aromatic heterocycles. The predicted octanol–water partition coefficient (Wildman–Crippen LogP) is 3.47. The maximum absolute atomic E-state index is 13.9. The fraction of sp³-hybridized carbons (Fsp3) is 0.312. The third kappa shape index (κ3) is 4.19. The Hall–Kier alpha value is -2.22. The standard InChI is InChI=1S/C16H16BrFN2O4/c1-16(2,15(22)23)5-6-19-13(21)12-8-24-14(20-12)10-4-3-9(17)7-11(10)18/h3-4,7-8H,5-6H2,1-2H3,(H,19,21)(H,22,23). The number of aliphatic carboxylic acids is 1. The van der Waals surface area contributed by atoms with Gasteiger partial charge in [0, 0.05) is 11.0 Å². The number of nitrogens with zero attached hydrogens (tertiary/aromatic N) is 1. The minimum atomic E-state index is -0.942. The molecule has 8 heteroatoms. The molecule has 0 fully saturated rings.